The highest BCUT2D eigenvalue weighted by Crippen LogP contribution is 2.16. The fraction of sp³-hybridized carbons (Fsp3) is 0.0769. The first-order valence-electron chi connectivity index (χ1n) is 6.07. The van der Waals surface area contributed by atoms with Crippen LogP contribution in [0.25, 0.3) is 11.1 Å². The maximum atomic E-state index is 12.2. The number of rotatable bonds is 4. The topological polar surface area (TPSA) is 105 Å². The second-order valence-electron chi connectivity index (χ2n) is 4.32. The van der Waals surface area contributed by atoms with Crippen molar-refractivity contribution in [1.29, 1.82) is 0 Å². The molecule has 0 aliphatic carbocycles. The van der Waals surface area contributed by atoms with Crippen molar-refractivity contribution in [2.45, 2.75) is 11.4 Å². The summed E-state index contributed by atoms with van der Waals surface area (Å²) in [5.74, 6) is -0.624. The summed E-state index contributed by atoms with van der Waals surface area (Å²) < 4.78 is 31.7. The monoisotopic (exact) mass is 305 g/mol. The van der Waals surface area contributed by atoms with Crippen LogP contribution in [0.1, 0.15) is 5.69 Å². The molecule has 21 heavy (non-hydrogen) atoms. The first-order valence-corrected chi connectivity index (χ1v) is 7.55. The Kier molecular flexibility index (Phi) is 3.32. The lowest BCUT2D eigenvalue weighted by atomic mass is 10.3. The lowest BCUT2D eigenvalue weighted by Crippen LogP contribution is -2.23. The molecule has 0 unspecified atom stereocenters. The summed E-state index contributed by atoms with van der Waals surface area (Å²) in [4.78, 5) is 17.6. The maximum Gasteiger partial charge on any atom is 0.417 e. The highest BCUT2D eigenvalue weighted by molar-refractivity contribution is 7.89. The van der Waals surface area contributed by atoms with Crippen molar-refractivity contribution in [3.8, 4) is 0 Å². The lowest BCUT2D eigenvalue weighted by molar-refractivity contribution is 0.553. The van der Waals surface area contributed by atoms with E-state index < -0.39 is 15.8 Å². The summed E-state index contributed by atoms with van der Waals surface area (Å²) in [7, 11) is -3.71. The van der Waals surface area contributed by atoms with E-state index >= 15 is 0 Å². The number of nitrogens with zero attached hydrogens (tertiary/aromatic N) is 1. The van der Waals surface area contributed by atoms with E-state index in [0.717, 1.165) is 0 Å². The summed E-state index contributed by atoms with van der Waals surface area (Å²) in [6.45, 7) is 0.0816. The number of hydrogen-bond donors (Lipinski definition) is 2. The van der Waals surface area contributed by atoms with Crippen LogP contribution in [0.2, 0.25) is 0 Å². The van der Waals surface area contributed by atoms with Gasteiger partial charge in [0.25, 0.3) is 0 Å². The normalized spacial score (nSPS) is 11.8. The van der Waals surface area contributed by atoms with Crippen molar-refractivity contribution in [3.63, 3.8) is 0 Å². The first kappa shape index (κ1) is 13.5. The number of nitrogens with one attached hydrogen (secondary N) is 2. The van der Waals surface area contributed by atoms with Crippen LogP contribution < -0.4 is 10.5 Å². The number of aromatic amines is 1. The van der Waals surface area contributed by atoms with Gasteiger partial charge in [0.15, 0.2) is 5.58 Å². The molecule has 1 aromatic carbocycles. The molecular weight excluding hydrogens is 294 g/mol. The predicted octanol–water partition coefficient (Wildman–Crippen LogP) is 0.995. The van der Waals surface area contributed by atoms with Crippen LogP contribution >= 0.6 is 0 Å². The zero-order chi connectivity index (χ0) is 14.9. The number of pyridine rings is 1. The fourth-order valence-electron chi connectivity index (χ4n) is 1.85. The SMILES string of the molecule is O=c1[nH]c2ccc(S(=O)(=O)NCc3ccccn3)cc2o1. The third kappa shape index (κ3) is 2.86. The molecular formula is C13H11N3O4S. The number of oxazole rings is 1. The van der Waals surface area contributed by atoms with E-state index in [1.54, 1.807) is 24.4 Å². The van der Waals surface area contributed by atoms with Gasteiger partial charge in [-0.1, -0.05) is 6.07 Å². The maximum absolute atomic E-state index is 12.2. The molecule has 0 aliphatic heterocycles. The highest BCUT2D eigenvalue weighted by Gasteiger charge is 2.15. The second kappa shape index (κ2) is 5.15. The first-order chi connectivity index (χ1) is 10.0. The van der Waals surface area contributed by atoms with Gasteiger partial charge in [-0.15, -0.1) is 0 Å². The van der Waals surface area contributed by atoms with Crippen LogP contribution in [-0.4, -0.2) is 18.4 Å². The summed E-state index contributed by atoms with van der Waals surface area (Å²) in [5, 5.41) is 0. The molecule has 0 spiro atoms. The van der Waals surface area contributed by atoms with Gasteiger partial charge >= 0.3 is 5.76 Å². The Balaban J connectivity index is 1.87. The second-order valence-corrected chi connectivity index (χ2v) is 6.09. The zero-order valence-electron chi connectivity index (χ0n) is 10.7. The van der Waals surface area contributed by atoms with Gasteiger partial charge in [0, 0.05) is 12.3 Å². The van der Waals surface area contributed by atoms with Crippen LogP contribution in [0.4, 0.5) is 0 Å². The third-order valence-electron chi connectivity index (χ3n) is 2.87. The Hall–Kier alpha value is -2.45. The van der Waals surface area contributed by atoms with E-state index in [-0.39, 0.29) is 17.0 Å². The third-order valence-corrected chi connectivity index (χ3v) is 4.27. The van der Waals surface area contributed by atoms with E-state index in [2.05, 4.69) is 14.7 Å². The number of benzene rings is 1. The quantitative estimate of drug-likeness (QED) is 0.748. The van der Waals surface area contributed by atoms with Crippen LogP contribution in [0.15, 0.2) is 56.7 Å². The van der Waals surface area contributed by atoms with Gasteiger partial charge in [0.05, 0.1) is 22.7 Å². The molecule has 0 saturated heterocycles. The number of aromatic nitrogens is 2. The van der Waals surface area contributed by atoms with Crippen LogP contribution in [-0.2, 0) is 16.6 Å². The fourth-order valence-corrected chi connectivity index (χ4v) is 2.86. The molecule has 0 aliphatic rings. The van der Waals surface area contributed by atoms with Crippen molar-refractivity contribution in [2.75, 3.05) is 0 Å². The van der Waals surface area contributed by atoms with Crippen molar-refractivity contribution < 1.29 is 12.8 Å². The molecule has 7 nitrogen and oxygen atoms in total. The minimum absolute atomic E-state index is 0.0219. The molecule has 0 bridgehead atoms. The molecule has 0 saturated carbocycles. The van der Waals surface area contributed by atoms with Gasteiger partial charge in [-0.05, 0) is 24.3 Å². The van der Waals surface area contributed by atoms with E-state index in [1.165, 1.54) is 18.2 Å². The summed E-state index contributed by atoms with van der Waals surface area (Å²) in [6.07, 6.45) is 1.59. The van der Waals surface area contributed by atoms with E-state index in [1.807, 2.05) is 0 Å². The minimum atomic E-state index is -3.71. The van der Waals surface area contributed by atoms with Crippen molar-refractivity contribution >= 4 is 21.1 Å². The molecule has 0 radical (unpaired) electrons. The molecule has 108 valence electrons. The predicted molar refractivity (Wildman–Crippen MR) is 75.1 cm³/mol. The molecule has 0 atom stereocenters. The van der Waals surface area contributed by atoms with Crippen molar-refractivity contribution in [2.24, 2.45) is 0 Å². The van der Waals surface area contributed by atoms with Crippen molar-refractivity contribution in [3.05, 3.63) is 58.8 Å². The van der Waals surface area contributed by atoms with Crippen LogP contribution in [0.5, 0.6) is 0 Å². The van der Waals surface area contributed by atoms with Gasteiger partial charge in [0.1, 0.15) is 0 Å². The molecule has 0 fully saturated rings. The van der Waals surface area contributed by atoms with Crippen molar-refractivity contribution in [1.82, 2.24) is 14.7 Å². The molecule has 3 rings (SSSR count). The van der Waals surface area contributed by atoms with E-state index in [4.69, 9.17) is 4.42 Å². The minimum Gasteiger partial charge on any atom is -0.408 e. The van der Waals surface area contributed by atoms with Gasteiger partial charge in [0.2, 0.25) is 10.0 Å². The molecule has 2 N–H and O–H groups in total. The molecule has 3 aromatic rings. The Morgan fingerprint density at radius 1 is 1.24 bits per heavy atom. The van der Waals surface area contributed by atoms with Gasteiger partial charge < -0.3 is 4.42 Å². The standard InChI is InChI=1S/C13H11N3O4S/c17-13-16-11-5-4-10(7-12(11)20-13)21(18,19)15-8-9-3-1-2-6-14-9/h1-7,15H,8H2,(H,16,17). The van der Waals surface area contributed by atoms with Crippen LogP contribution in [0.3, 0.4) is 0 Å². The average molecular weight is 305 g/mol. The summed E-state index contributed by atoms with van der Waals surface area (Å²) in [6, 6.07) is 9.42. The Bertz CT molecular complexity index is 929. The molecule has 2 aromatic heterocycles. The largest absolute Gasteiger partial charge is 0.417 e. The number of H-pyrrole nitrogens is 1. The number of hydrogen-bond acceptors (Lipinski definition) is 5. The summed E-state index contributed by atoms with van der Waals surface area (Å²) in [5.41, 5.74) is 1.25. The van der Waals surface area contributed by atoms with Crippen LogP contribution in [0, 0.1) is 0 Å². The molecule has 2 heterocycles. The summed E-state index contributed by atoms with van der Waals surface area (Å²) >= 11 is 0. The highest BCUT2D eigenvalue weighted by atomic mass is 32.2. The average Bonchev–Trinajstić information content (AvgIpc) is 2.85. The Morgan fingerprint density at radius 2 is 2.10 bits per heavy atom. The number of sulfonamides is 1. The number of fused-ring (bicyclic) bond motifs is 1. The smallest absolute Gasteiger partial charge is 0.408 e. The molecule has 0 amide bonds. The zero-order valence-corrected chi connectivity index (χ0v) is 11.6. The van der Waals surface area contributed by atoms with E-state index in [0.29, 0.717) is 11.2 Å². The lowest BCUT2D eigenvalue weighted by Gasteiger charge is -2.06. The Morgan fingerprint density at radius 3 is 2.86 bits per heavy atom. The Labute approximate surface area is 119 Å². The van der Waals surface area contributed by atoms with Gasteiger partial charge in [-0.25, -0.2) is 17.9 Å². The van der Waals surface area contributed by atoms with Gasteiger partial charge in [-0.2, -0.15) is 0 Å². The molecule has 8 heteroatoms. The van der Waals surface area contributed by atoms with E-state index in [9.17, 15) is 13.2 Å². The van der Waals surface area contributed by atoms with Gasteiger partial charge in [-0.3, -0.25) is 9.97 Å².